The van der Waals surface area contributed by atoms with Gasteiger partial charge in [0.25, 0.3) is 0 Å². The minimum atomic E-state index is -2.10. The molecule has 0 aliphatic rings. The highest BCUT2D eigenvalue weighted by Crippen LogP contribution is 2.35. The third-order valence-electron chi connectivity index (χ3n) is 4.66. The molecule has 0 aliphatic carbocycles. The monoisotopic (exact) mass is 338 g/mol. The van der Waals surface area contributed by atoms with Crippen LogP contribution in [0, 0.1) is 6.85 Å². The number of para-hydroxylation sites is 2. The number of aromatic nitrogens is 1. The van der Waals surface area contributed by atoms with Crippen molar-refractivity contribution in [3.8, 4) is 22.4 Å². The van der Waals surface area contributed by atoms with E-state index in [1.165, 1.54) is 0 Å². The third-order valence-corrected chi connectivity index (χ3v) is 4.66. The second-order valence-corrected chi connectivity index (χ2v) is 6.29. The van der Waals surface area contributed by atoms with Crippen LogP contribution in [0.5, 0.6) is 0 Å². The van der Waals surface area contributed by atoms with Gasteiger partial charge in [0.1, 0.15) is 11.2 Å². The van der Waals surface area contributed by atoms with Gasteiger partial charge in [-0.05, 0) is 42.2 Å². The quantitative estimate of drug-likeness (QED) is 0.361. The smallest absolute Gasteiger partial charge is 0.144 e. The number of hydrogen-bond donors (Lipinski definition) is 0. The molecule has 0 unspecified atom stereocenters. The van der Waals surface area contributed by atoms with Gasteiger partial charge in [-0.1, -0.05) is 60.2 Å². The Balaban J connectivity index is 1.62. The second-order valence-electron chi connectivity index (χ2n) is 6.29. The first kappa shape index (κ1) is 12.0. The Kier molecular flexibility index (Phi) is 2.71. The summed E-state index contributed by atoms with van der Waals surface area (Å²) in [4.78, 5) is 4.56. The molecule has 0 atom stereocenters. The molecule has 2 aromatic heterocycles. The highest BCUT2D eigenvalue weighted by Gasteiger charge is 2.13. The number of nitrogens with zero attached hydrogens (tertiary/aromatic N) is 1. The lowest BCUT2D eigenvalue weighted by molar-refractivity contribution is 0.670. The zero-order chi connectivity index (χ0) is 20.0. The van der Waals surface area contributed by atoms with E-state index in [4.69, 9.17) is 8.53 Å². The van der Waals surface area contributed by atoms with Gasteiger partial charge >= 0.3 is 0 Å². The Labute approximate surface area is 156 Å². The first-order valence-corrected chi connectivity index (χ1v) is 8.48. The molecule has 0 amide bonds. The normalized spacial score (nSPS) is 13.5. The maximum Gasteiger partial charge on any atom is 0.144 e. The summed E-state index contributed by atoms with van der Waals surface area (Å²) in [6.07, 6.45) is 1.77. The van der Waals surface area contributed by atoms with Crippen LogP contribution < -0.4 is 0 Å². The molecule has 5 rings (SSSR count). The number of pyridine rings is 1. The molecule has 0 saturated heterocycles. The zero-order valence-electron chi connectivity index (χ0n) is 16.9. The largest absolute Gasteiger partial charge is 0.455 e. The van der Waals surface area contributed by atoms with Gasteiger partial charge in [0.2, 0.25) is 0 Å². The van der Waals surface area contributed by atoms with E-state index in [1.807, 2.05) is 54.6 Å². The molecule has 0 N–H and O–H groups in total. The van der Waals surface area contributed by atoms with E-state index in [0.29, 0.717) is 5.56 Å². The Morgan fingerprint density at radius 1 is 0.808 bits per heavy atom. The summed E-state index contributed by atoms with van der Waals surface area (Å²) >= 11 is 0. The summed E-state index contributed by atoms with van der Waals surface area (Å²) in [6, 6.07) is 25.0. The van der Waals surface area contributed by atoms with Crippen molar-refractivity contribution < 1.29 is 8.53 Å². The van der Waals surface area contributed by atoms with Crippen molar-refractivity contribution in [2.45, 2.75) is 6.85 Å². The molecule has 0 bridgehead atoms. The van der Waals surface area contributed by atoms with Gasteiger partial charge in [0, 0.05) is 26.6 Å². The molecule has 2 heteroatoms. The fourth-order valence-corrected chi connectivity index (χ4v) is 3.37. The Morgan fingerprint density at radius 2 is 1.65 bits per heavy atom. The third kappa shape index (κ3) is 2.39. The van der Waals surface area contributed by atoms with Gasteiger partial charge in [-0.25, -0.2) is 0 Å². The molecule has 5 aromatic rings. The first-order valence-electron chi connectivity index (χ1n) is 9.98. The molecule has 26 heavy (non-hydrogen) atoms. The van der Waals surface area contributed by atoms with Crippen molar-refractivity contribution in [1.82, 2.24) is 4.98 Å². The molecule has 0 spiro atoms. The van der Waals surface area contributed by atoms with Crippen LogP contribution in [0.15, 0.2) is 89.5 Å². The van der Waals surface area contributed by atoms with Crippen LogP contribution >= 0.6 is 0 Å². The number of fused-ring (bicyclic) bond motifs is 3. The van der Waals surface area contributed by atoms with Gasteiger partial charge in [-0.3, -0.25) is 4.98 Å². The summed E-state index contributed by atoms with van der Waals surface area (Å²) in [6.45, 7) is -2.10. The van der Waals surface area contributed by atoms with E-state index < -0.39 is 6.85 Å². The number of rotatable bonds is 2. The van der Waals surface area contributed by atoms with Gasteiger partial charge < -0.3 is 4.42 Å². The topological polar surface area (TPSA) is 26.0 Å². The SMILES string of the molecule is [2H]C([2H])([2H])c1ccc(-c2ccnc(-c3cccc4c3oc3ccccc34)c2)cc1. The van der Waals surface area contributed by atoms with E-state index >= 15 is 0 Å². The average Bonchev–Trinajstić information content (AvgIpc) is 3.12. The molecule has 0 aliphatic heterocycles. The van der Waals surface area contributed by atoms with Crippen LogP contribution in [0.3, 0.4) is 0 Å². The summed E-state index contributed by atoms with van der Waals surface area (Å²) in [5.74, 6) is 0. The first-order chi connectivity index (χ1) is 14.0. The van der Waals surface area contributed by atoms with E-state index in [0.717, 1.165) is 44.3 Å². The molecule has 0 saturated carbocycles. The minimum Gasteiger partial charge on any atom is -0.455 e. The van der Waals surface area contributed by atoms with Crippen LogP contribution in [0.2, 0.25) is 0 Å². The Hall–Kier alpha value is -3.39. The molecule has 2 nitrogen and oxygen atoms in total. The van der Waals surface area contributed by atoms with E-state index in [1.54, 1.807) is 18.3 Å². The number of aryl methyl sites for hydroxylation is 1. The van der Waals surface area contributed by atoms with Crippen LogP contribution in [0.25, 0.3) is 44.3 Å². The Morgan fingerprint density at radius 3 is 2.54 bits per heavy atom. The number of benzene rings is 3. The van der Waals surface area contributed by atoms with Crippen molar-refractivity contribution in [2.75, 3.05) is 0 Å². The fourth-order valence-electron chi connectivity index (χ4n) is 3.37. The molecular weight excluding hydrogens is 318 g/mol. The average molecular weight is 338 g/mol. The zero-order valence-corrected chi connectivity index (χ0v) is 13.9. The molecule has 3 aromatic carbocycles. The van der Waals surface area contributed by atoms with Gasteiger partial charge in [-0.15, -0.1) is 0 Å². The summed E-state index contributed by atoms with van der Waals surface area (Å²) < 4.78 is 28.7. The van der Waals surface area contributed by atoms with Gasteiger partial charge in [-0.2, -0.15) is 0 Å². The number of furan rings is 1. The van der Waals surface area contributed by atoms with Crippen LogP contribution in [-0.4, -0.2) is 4.98 Å². The minimum absolute atomic E-state index is 0.336. The molecule has 0 radical (unpaired) electrons. The van der Waals surface area contributed by atoms with Crippen molar-refractivity contribution >= 4 is 21.9 Å². The highest BCUT2D eigenvalue weighted by atomic mass is 16.3. The second kappa shape index (κ2) is 5.85. The predicted molar refractivity (Wildman–Crippen MR) is 107 cm³/mol. The van der Waals surface area contributed by atoms with E-state index in [2.05, 4.69) is 17.1 Å². The fraction of sp³-hybridized carbons (Fsp3) is 0.0417. The van der Waals surface area contributed by atoms with Gasteiger partial charge in [0.15, 0.2) is 0 Å². The van der Waals surface area contributed by atoms with Crippen LogP contribution in [0.4, 0.5) is 0 Å². The number of hydrogen-bond acceptors (Lipinski definition) is 2. The van der Waals surface area contributed by atoms with Gasteiger partial charge in [0.05, 0.1) is 5.69 Å². The van der Waals surface area contributed by atoms with Crippen molar-refractivity contribution in [3.05, 3.63) is 90.6 Å². The van der Waals surface area contributed by atoms with Crippen molar-refractivity contribution in [1.29, 1.82) is 0 Å². The predicted octanol–water partition coefficient (Wildman–Crippen LogP) is 6.62. The summed E-state index contributed by atoms with van der Waals surface area (Å²) in [7, 11) is 0. The summed E-state index contributed by atoms with van der Waals surface area (Å²) in [5.41, 5.74) is 5.66. The van der Waals surface area contributed by atoms with E-state index in [-0.39, 0.29) is 0 Å². The lowest BCUT2D eigenvalue weighted by atomic mass is 10.0. The summed E-state index contributed by atoms with van der Waals surface area (Å²) in [5, 5.41) is 2.15. The maximum absolute atomic E-state index is 7.53. The maximum atomic E-state index is 7.53. The molecular formula is C24H17NO. The lowest BCUT2D eigenvalue weighted by Gasteiger charge is -2.06. The van der Waals surface area contributed by atoms with Crippen LogP contribution in [0.1, 0.15) is 9.68 Å². The van der Waals surface area contributed by atoms with Crippen molar-refractivity contribution in [3.63, 3.8) is 0 Å². The molecule has 0 fully saturated rings. The standard InChI is InChI=1S/C24H17NO/c1-16-9-11-17(12-10-16)18-13-14-25-22(15-18)21-7-4-6-20-19-5-2-3-8-23(19)26-24(20)21/h2-15H,1H3/i1D3. The highest BCUT2D eigenvalue weighted by molar-refractivity contribution is 6.09. The van der Waals surface area contributed by atoms with Crippen LogP contribution in [-0.2, 0) is 0 Å². The van der Waals surface area contributed by atoms with E-state index in [9.17, 15) is 0 Å². The molecule has 124 valence electrons. The lowest BCUT2D eigenvalue weighted by Crippen LogP contribution is -1.86. The van der Waals surface area contributed by atoms with Crippen molar-refractivity contribution in [2.24, 2.45) is 0 Å². The molecule has 2 heterocycles. The Bertz CT molecular complexity index is 1330.